The van der Waals surface area contributed by atoms with Gasteiger partial charge in [0.05, 0.1) is 18.9 Å². The van der Waals surface area contributed by atoms with E-state index in [1.807, 2.05) is 49.1 Å². The number of nitrogens with zero attached hydrogens (tertiary/aromatic N) is 3. The first-order valence-electron chi connectivity index (χ1n) is 11.9. The van der Waals surface area contributed by atoms with Crippen molar-refractivity contribution in [3.63, 3.8) is 0 Å². The second-order valence-electron chi connectivity index (χ2n) is 8.96. The van der Waals surface area contributed by atoms with E-state index in [0.29, 0.717) is 25.6 Å². The number of hydrogen-bond donors (Lipinski definition) is 1. The number of rotatable bonds is 7. The molecular weight excluding hydrogens is 436 g/mol. The lowest BCUT2D eigenvalue weighted by Gasteiger charge is -2.34. The molecule has 4 rings (SSSR count). The highest BCUT2D eigenvalue weighted by molar-refractivity contribution is 7.17. The fraction of sp³-hybridized carbons (Fsp3) is 0.560. The van der Waals surface area contributed by atoms with Crippen LogP contribution in [0, 0.1) is 18.8 Å². The van der Waals surface area contributed by atoms with Crippen LogP contribution in [-0.2, 0) is 9.53 Å². The minimum absolute atomic E-state index is 0.0400. The third kappa shape index (κ3) is 5.99. The molecule has 0 spiro atoms. The van der Waals surface area contributed by atoms with Gasteiger partial charge in [-0.15, -0.1) is 11.3 Å². The molecule has 1 aromatic carbocycles. The van der Waals surface area contributed by atoms with Crippen LogP contribution in [0.25, 0.3) is 10.6 Å². The molecule has 178 valence electrons. The van der Waals surface area contributed by atoms with Crippen molar-refractivity contribution >= 4 is 23.2 Å². The largest absolute Gasteiger partial charge is 0.379 e. The molecule has 8 heteroatoms. The van der Waals surface area contributed by atoms with Gasteiger partial charge in [0.2, 0.25) is 5.91 Å². The van der Waals surface area contributed by atoms with Gasteiger partial charge in [-0.2, -0.15) is 0 Å². The Morgan fingerprint density at radius 1 is 1.15 bits per heavy atom. The highest BCUT2D eigenvalue weighted by Crippen LogP contribution is 2.31. The number of morpholine rings is 1. The van der Waals surface area contributed by atoms with Crippen molar-refractivity contribution in [2.75, 3.05) is 52.5 Å². The summed E-state index contributed by atoms with van der Waals surface area (Å²) in [6, 6.07) is 9.99. The van der Waals surface area contributed by atoms with Crippen LogP contribution in [-0.4, -0.2) is 79.1 Å². The second kappa shape index (κ2) is 11.2. The zero-order valence-electron chi connectivity index (χ0n) is 19.6. The topological polar surface area (TPSA) is 74.8 Å². The van der Waals surface area contributed by atoms with Crippen molar-refractivity contribution in [2.24, 2.45) is 11.8 Å². The third-order valence-corrected chi connectivity index (χ3v) is 7.98. The van der Waals surface area contributed by atoms with E-state index in [1.165, 1.54) is 11.3 Å². The molecule has 1 N–H and O–H groups in total. The number of benzene rings is 1. The average Bonchev–Trinajstić information content (AvgIpc) is 3.26. The van der Waals surface area contributed by atoms with E-state index in [-0.39, 0.29) is 17.7 Å². The van der Waals surface area contributed by atoms with Crippen LogP contribution in [0.5, 0.6) is 0 Å². The Balaban J connectivity index is 1.25. The Hall–Kier alpha value is -2.29. The molecule has 3 heterocycles. The number of carbonyl (C=O) groups excluding carboxylic acids is 2. The number of thiazole rings is 1. The number of hydrogen-bond acceptors (Lipinski definition) is 6. The molecule has 2 saturated heterocycles. The maximum absolute atomic E-state index is 13.2. The molecule has 2 aliphatic rings. The van der Waals surface area contributed by atoms with E-state index in [2.05, 4.69) is 15.2 Å². The second-order valence-corrected chi connectivity index (χ2v) is 9.96. The molecule has 0 aliphatic carbocycles. The SMILES string of the molecule is Cc1nc(-c2ccccc2)sc1C(=O)N1CCC([C@@H](C)C(=O)NCCN2CCOCC2)CC1. The smallest absolute Gasteiger partial charge is 0.265 e. The Bertz CT molecular complexity index is 934. The number of carbonyl (C=O) groups is 2. The van der Waals surface area contributed by atoms with Gasteiger partial charge in [0.1, 0.15) is 9.88 Å². The van der Waals surface area contributed by atoms with Gasteiger partial charge in [-0.1, -0.05) is 37.3 Å². The summed E-state index contributed by atoms with van der Waals surface area (Å²) >= 11 is 1.47. The summed E-state index contributed by atoms with van der Waals surface area (Å²) in [5, 5.41) is 3.99. The Morgan fingerprint density at radius 2 is 1.85 bits per heavy atom. The molecule has 2 aromatic rings. The molecule has 2 aliphatic heterocycles. The van der Waals surface area contributed by atoms with Crippen molar-refractivity contribution < 1.29 is 14.3 Å². The Kier molecular flexibility index (Phi) is 8.11. The molecule has 33 heavy (non-hydrogen) atoms. The summed E-state index contributed by atoms with van der Waals surface area (Å²) in [6.45, 7) is 10.3. The number of piperidine rings is 1. The van der Waals surface area contributed by atoms with E-state index < -0.39 is 0 Å². The molecule has 2 fully saturated rings. The van der Waals surface area contributed by atoms with Gasteiger partial charge in [-0.3, -0.25) is 14.5 Å². The standard InChI is InChI=1S/C25H34N4O3S/c1-18(23(30)26-10-13-28-14-16-32-17-15-28)20-8-11-29(12-9-20)25(31)22-19(2)27-24(33-22)21-6-4-3-5-7-21/h3-7,18,20H,8-17H2,1-2H3,(H,26,30)/t18-/m1/s1. The average molecular weight is 471 g/mol. The first-order chi connectivity index (χ1) is 16.0. The fourth-order valence-electron chi connectivity index (χ4n) is 4.58. The van der Waals surface area contributed by atoms with Crippen LogP contribution in [0.15, 0.2) is 30.3 Å². The summed E-state index contributed by atoms with van der Waals surface area (Å²) in [6.07, 6.45) is 1.71. The summed E-state index contributed by atoms with van der Waals surface area (Å²) in [5.74, 6) is 0.453. The van der Waals surface area contributed by atoms with Crippen molar-refractivity contribution in [2.45, 2.75) is 26.7 Å². The van der Waals surface area contributed by atoms with Crippen LogP contribution >= 0.6 is 11.3 Å². The summed E-state index contributed by atoms with van der Waals surface area (Å²) in [7, 11) is 0. The summed E-state index contributed by atoms with van der Waals surface area (Å²) in [5.41, 5.74) is 1.83. The molecule has 0 unspecified atom stereocenters. The van der Waals surface area contributed by atoms with Gasteiger partial charge in [-0.25, -0.2) is 4.98 Å². The van der Waals surface area contributed by atoms with E-state index in [4.69, 9.17) is 4.74 Å². The molecule has 1 atom stereocenters. The molecule has 2 amide bonds. The molecule has 0 radical (unpaired) electrons. The van der Waals surface area contributed by atoms with Crippen molar-refractivity contribution in [1.29, 1.82) is 0 Å². The van der Waals surface area contributed by atoms with Crippen LogP contribution < -0.4 is 5.32 Å². The number of amides is 2. The maximum Gasteiger partial charge on any atom is 0.265 e. The number of likely N-dealkylation sites (tertiary alicyclic amines) is 1. The van der Waals surface area contributed by atoms with Crippen LogP contribution in [0.2, 0.25) is 0 Å². The Morgan fingerprint density at radius 3 is 2.55 bits per heavy atom. The number of aryl methyl sites for hydroxylation is 1. The van der Waals surface area contributed by atoms with Crippen LogP contribution in [0.3, 0.4) is 0 Å². The third-order valence-electron chi connectivity index (χ3n) is 6.79. The highest BCUT2D eigenvalue weighted by Gasteiger charge is 2.31. The predicted molar refractivity (Wildman–Crippen MR) is 130 cm³/mol. The van der Waals surface area contributed by atoms with Gasteiger partial charge >= 0.3 is 0 Å². The first-order valence-corrected chi connectivity index (χ1v) is 12.7. The minimum Gasteiger partial charge on any atom is -0.379 e. The van der Waals surface area contributed by atoms with Gasteiger partial charge in [0, 0.05) is 50.7 Å². The molecule has 0 bridgehead atoms. The predicted octanol–water partition coefficient (Wildman–Crippen LogP) is 3.06. The molecule has 0 saturated carbocycles. The number of ether oxygens (including phenoxy) is 1. The van der Waals surface area contributed by atoms with Crippen LogP contribution in [0.4, 0.5) is 0 Å². The first kappa shape index (κ1) is 23.9. The summed E-state index contributed by atoms with van der Waals surface area (Å²) < 4.78 is 5.37. The van der Waals surface area contributed by atoms with Crippen molar-refractivity contribution in [1.82, 2.24) is 20.1 Å². The van der Waals surface area contributed by atoms with Gasteiger partial charge in [-0.05, 0) is 25.7 Å². The lowest BCUT2D eigenvalue weighted by Crippen LogP contribution is -2.45. The monoisotopic (exact) mass is 470 g/mol. The lowest BCUT2D eigenvalue weighted by atomic mass is 9.85. The van der Waals surface area contributed by atoms with Gasteiger partial charge in [0.15, 0.2) is 0 Å². The van der Waals surface area contributed by atoms with E-state index in [9.17, 15) is 9.59 Å². The fourth-order valence-corrected chi connectivity index (χ4v) is 5.62. The van der Waals surface area contributed by atoms with Crippen molar-refractivity contribution in [3.8, 4) is 10.6 Å². The molecular formula is C25H34N4O3S. The van der Waals surface area contributed by atoms with Crippen LogP contribution in [0.1, 0.15) is 35.1 Å². The van der Waals surface area contributed by atoms with Gasteiger partial charge < -0.3 is 15.0 Å². The molecule has 1 aromatic heterocycles. The highest BCUT2D eigenvalue weighted by atomic mass is 32.1. The zero-order chi connectivity index (χ0) is 23.2. The summed E-state index contributed by atoms with van der Waals surface area (Å²) in [4.78, 5) is 35.4. The Labute approximate surface area is 200 Å². The molecule has 7 nitrogen and oxygen atoms in total. The number of aromatic nitrogens is 1. The van der Waals surface area contributed by atoms with E-state index in [1.54, 1.807) is 0 Å². The number of nitrogens with one attached hydrogen (secondary N) is 1. The minimum atomic E-state index is -0.0400. The van der Waals surface area contributed by atoms with E-state index >= 15 is 0 Å². The normalized spacial score (nSPS) is 18.8. The van der Waals surface area contributed by atoms with Gasteiger partial charge in [0.25, 0.3) is 5.91 Å². The lowest BCUT2D eigenvalue weighted by molar-refractivity contribution is -0.126. The quantitative estimate of drug-likeness (QED) is 0.673. The maximum atomic E-state index is 13.2. The van der Waals surface area contributed by atoms with Crippen molar-refractivity contribution in [3.05, 3.63) is 40.9 Å². The van der Waals surface area contributed by atoms with E-state index in [0.717, 1.165) is 66.8 Å². The zero-order valence-corrected chi connectivity index (χ0v) is 20.4.